The molecule has 0 spiro atoms. The standard InChI is InChI=1S/C17H20N2O4S/c1-13-5-2-7-15(11-13)23-10-4-9-17(20)19-14-6-3-8-16(12-14)24(18,21)22/h2-3,5-8,11-12H,4,9-10H2,1H3,(H,19,20)(H2,18,21,22). The highest BCUT2D eigenvalue weighted by atomic mass is 32.2. The Bertz CT molecular complexity index is 819. The van der Waals surface area contributed by atoms with Crippen LogP contribution >= 0.6 is 0 Å². The van der Waals surface area contributed by atoms with Gasteiger partial charge in [0.05, 0.1) is 11.5 Å². The molecule has 0 heterocycles. The molecule has 0 bridgehead atoms. The van der Waals surface area contributed by atoms with Crippen molar-refractivity contribution < 1.29 is 17.9 Å². The lowest BCUT2D eigenvalue weighted by molar-refractivity contribution is -0.116. The van der Waals surface area contributed by atoms with Crippen molar-refractivity contribution in [2.75, 3.05) is 11.9 Å². The maximum absolute atomic E-state index is 11.9. The van der Waals surface area contributed by atoms with Crippen LogP contribution in [0, 0.1) is 6.92 Å². The molecular formula is C17H20N2O4S. The molecule has 0 atom stereocenters. The van der Waals surface area contributed by atoms with Gasteiger partial charge in [-0.2, -0.15) is 0 Å². The Hall–Kier alpha value is -2.38. The third kappa shape index (κ3) is 5.68. The van der Waals surface area contributed by atoms with Crippen LogP contribution in [0.15, 0.2) is 53.4 Å². The molecule has 0 unspecified atom stereocenters. The molecule has 3 N–H and O–H groups in total. The number of hydrogen-bond donors (Lipinski definition) is 2. The number of amides is 1. The number of sulfonamides is 1. The minimum Gasteiger partial charge on any atom is -0.494 e. The van der Waals surface area contributed by atoms with Gasteiger partial charge in [-0.15, -0.1) is 0 Å². The number of primary sulfonamides is 1. The van der Waals surface area contributed by atoms with E-state index >= 15 is 0 Å². The highest BCUT2D eigenvalue weighted by molar-refractivity contribution is 7.89. The lowest BCUT2D eigenvalue weighted by atomic mass is 10.2. The van der Waals surface area contributed by atoms with Crippen LogP contribution in [-0.2, 0) is 14.8 Å². The first-order valence-electron chi connectivity index (χ1n) is 7.47. The van der Waals surface area contributed by atoms with E-state index in [9.17, 15) is 13.2 Å². The number of carbonyl (C=O) groups excluding carboxylic acids is 1. The number of carbonyl (C=O) groups is 1. The molecule has 2 rings (SSSR count). The number of hydrogen-bond acceptors (Lipinski definition) is 4. The van der Waals surface area contributed by atoms with Crippen LogP contribution in [0.4, 0.5) is 5.69 Å². The average Bonchev–Trinajstić information content (AvgIpc) is 2.51. The minimum absolute atomic E-state index is 0.0388. The maximum atomic E-state index is 11.9. The van der Waals surface area contributed by atoms with Crippen LogP contribution in [0.1, 0.15) is 18.4 Å². The van der Waals surface area contributed by atoms with Crippen molar-refractivity contribution in [1.29, 1.82) is 0 Å². The van der Waals surface area contributed by atoms with Gasteiger partial charge in [0.1, 0.15) is 5.75 Å². The topological polar surface area (TPSA) is 98.5 Å². The predicted molar refractivity (Wildman–Crippen MR) is 92.4 cm³/mol. The molecule has 0 saturated heterocycles. The van der Waals surface area contributed by atoms with E-state index in [-0.39, 0.29) is 17.2 Å². The van der Waals surface area contributed by atoms with E-state index in [1.54, 1.807) is 6.07 Å². The molecule has 0 aliphatic carbocycles. The Kier molecular flexibility index (Phi) is 5.94. The summed E-state index contributed by atoms with van der Waals surface area (Å²) in [7, 11) is -3.79. The minimum atomic E-state index is -3.79. The summed E-state index contributed by atoms with van der Waals surface area (Å²) in [5.74, 6) is 0.561. The van der Waals surface area contributed by atoms with Crippen molar-refractivity contribution in [3.8, 4) is 5.75 Å². The van der Waals surface area contributed by atoms with Crippen molar-refractivity contribution >= 4 is 21.6 Å². The highest BCUT2D eigenvalue weighted by Crippen LogP contribution is 2.15. The molecule has 0 aromatic heterocycles. The van der Waals surface area contributed by atoms with Crippen molar-refractivity contribution in [1.82, 2.24) is 0 Å². The van der Waals surface area contributed by atoms with Gasteiger partial charge in [0.2, 0.25) is 15.9 Å². The van der Waals surface area contributed by atoms with Gasteiger partial charge in [0, 0.05) is 12.1 Å². The fraction of sp³-hybridized carbons (Fsp3) is 0.235. The van der Waals surface area contributed by atoms with Crippen LogP contribution in [0.3, 0.4) is 0 Å². The Labute approximate surface area is 141 Å². The van der Waals surface area contributed by atoms with Gasteiger partial charge in [-0.05, 0) is 49.2 Å². The summed E-state index contributed by atoms with van der Waals surface area (Å²) in [5.41, 5.74) is 1.51. The number of anilines is 1. The first-order valence-corrected chi connectivity index (χ1v) is 9.01. The Morgan fingerprint density at radius 3 is 2.62 bits per heavy atom. The maximum Gasteiger partial charge on any atom is 0.238 e. The van der Waals surface area contributed by atoms with Crippen LogP contribution < -0.4 is 15.2 Å². The summed E-state index contributed by atoms with van der Waals surface area (Å²) in [6, 6.07) is 13.5. The zero-order valence-electron chi connectivity index (χ0n) is 13.4. The van der Waals surface area contributed by atoms with Gasteiger partial charge in [-0.3, -0.25) is 4.79 Å². The summed E-state index contributed by atoms with van der Waals surface area (Å²) < 4.78 is 28.2. The van der Waals surface area contributed by atoms with Crippen molar-refractivity contribution in [3.63, 3.8) is 0 Å². The second-order valence-electron chi connectivity index (χ2n) is 5.39. The quantitative estimate of drug-likeness (QED) is 0.751. The average molecular weight is 348 g/mol. The van der Waals surface area contributed by atoms with Gasteiger partial charge in [-0.25, -0.2) is 13.6 Å². The monoisotopic (exact) mass is 348 g/mol. The summed E-state index contributed by atoms with van der Waals surface area (Å²) in [6.07, 6.45) is 0.820. The predicted octanol–water partition coefficient (Wildman–Crippen LogP) is 2.44. The molecule has 0 saturated carbocycles. The van der Waals surface area contributed by atoms with Gasteiger partial charge in [0.25, 0.3) is 0 Å². The second-order valence-corrected chi connectivity index (χ2v) is 6.95. The molecule has 128 valence electrons. The molecule has 2 aromatic rings. The summed E-state index contributed by atoms with van der Waals surface area (Å²) >= 11 is 0. The van der Waals surface area contributed by atoms with E-state index < -0.39 is 10.0 Å². The number of nitrogens with one attached hydrogen (secondary N) is 1. The summed E-state index contributed by atoms with van der Waals surface area (Å²) in [4.78, 5) is 11.9. The SMILES string of the molecule is Cc1cccc(OCCCC(=O)Nc2cccc(S(N)(=O)=O)c2)c1. The Morgan fingerprint density at radius 1 is 1.17 bits per heavy atom. The van der Waals surface area contributed by atoms with Crippen LogP contribution in [-0.4, -0.2) is 20.9 Å². The van der Waals surface area contributed by atoms with Crippen molar-refractivity contribution in [2.45, 2.75) is 24.7 Å². The van der Waals surface area contributed by atoms with Gasteiger partial charge in [0.15, 0.2) is 0 Å². The van der Waals surface area contributed by atoms with Crippen LogP contribution in [0.25, 0.3) is 0 Å². The zero-order valence-corrected chi connectivity index (χ0v) is 14.2. The van der Waals surface area contributed by atoms with E-state index in [2.05, 4.69) is 5.32 Å². The molecule has 0 fully saturated rings. The van der Waals surface area contributed by atoms with Crippen molar-refractivity contribution in [2.24, 2.45) is 5.14 Å². The zero-order chi connectivity index (χ0) is 17.6. The Morgan fingerprint density at radius 2 is 1.92 bits per heavy atom. The number of ether oxygens (including phenoxy) is 1. The molecule has 0 radical (unpaired) electrons. The molecule has 6 nitrogen and oxygen atoms in total. The first-order chi connectivity index (χ1) is 11.3. The third-order valence-corrected chi connectivity index (χ3v) is 4.16. The van der Waals surface area contributed by atoms with Gasteiger partial charge < -0.3 is 10.1 Å². The van der Waals surface area contributed by atoms with E-state index in [1.165, 1.54) is 18.2 Å². The number of rotatable bonds is 7. The fourth-order valence-corrected chi connectivity index (χ4v) is 2.66. The Balaban J connectivity index is 1.79. The third-order valence-electron chi connectivity index (χ3n) is 3.25. The lowest BCUT2D eigenvalue weighted by Crippen LogP contribution is -2.15. The van der Waals surface area contributed by atoms with Crippen molar-refractivity contribution in [3.05, 3.63) is 54.1 Å². The fourth-order valence-electron chi connectivity index (χ4n) is 2.10. The van der Waals surface area contributed by atoms with Gasteiger partial charge in [-0.1, -0.05) is 18.2 Å². The smallest absolute Gasteiger partial charge is 0.238 e. The summed E-state index contributed by atoms with van der Waals surface area (Å²) in [5, 5.41) is 7.71. The number of nitrogens with two attached hydrogens (primary N) is 1. The van der Waals surface area contributed by atoms with Crippen LogP contribution in [0.5, 0.6) is 5.75 Å². The lowest BCUT2D eigenvalue weighted by Gasteiger charge is -2.08. The van der Waals surface area contributed by atoms with Crippen LogP contribution in [0.2, 0.25) is 0 Å². The molecule has 2 aromatic carbocycles. The largest absolute Gasteiger partial charge is 0.494 e. The molecule has 7 heteroatoms. The van der Waals surface area contributed by atoms with Gasteiger partial charge >= 0.3 is 0 Å². The second kappa shape index (κ2) is 7.94. The molecule has 1 amide bonds. The van der Waals surface area contributed by atoms with E-state index in [4.69, 9.17) is 9.88 Å². The first kappa shape index (κ1) is 18.0. The normalized spacial score (nSPS) is 11.1. The summed E-state index contributed by atoms with van der Waals surface area (Å²) in [6.45, 7) is 2.41. The molecular weight excluding hydrogens is 328 g/mol. The van der Waals surface area contributed by atoms with E-state index in [0.717, 1.165) is 11.3 Å². The molecule has 0 aliphatic rings. The van der Waals surface area contributed by atoms with E-state index in [1.807, 2.05) is 31.2 Å². The van der Waals surface area contributed by atoms with E-state index in [0.29, 0.717) is 18.7 Å². The number of benzene rings is 2. The number of aryl methyl sites for hydroxylation is 1. The molecule has 24 heavy (non-hydrogen) atoms. The molecule has 0 aliphatic heterocycles. The highest BCUT2D eigenvalue weighted by Gasteiger charge is 2.09.